The van der Waals surface area contributed by atoms with Crippen molar-refractivity contribution in [2.75, 3.05) is 19.0 Å². The minimum absolute atomic E-state index is 0.0225. The van der Waals surface area contributed by atoms with Crippen LogP contribution in [0.5, 0.6) is 0 Å². The van der Waals surface area contributed by atoms with E-state index in [9.17, 15) is 14.4 Å². The third kappa shape index (κ3) is 5.92. The Bertz CT molecular complexity index is 955. The van der Waals surface area contributed by atoms with Crippen molar-refractivity contribution >= 4 is 23.4 Å². The lowest BCUT2D eigenvalue weighted by molar-refractivity contribution is -0.141. The molecule has 1 saturated carbocycles. The molecule has 3 atom stereocenters. The predicted molar refractivity (Wildman–Crippen MR) is 128 cm³/mol. The van der Waals surface area contributed by atoms with E-state index in [1.165, 1.54) is 5.57 Å². The first-order chi connectivity index (χ1) is 15.6. The normalized spacial score (nSPS) is 25.1. The zero-order valence-electron chi connectivity index (χ0n) is 20.3. The van der Waals surface area contributed by atoms with Crippen LogP contribution in [0.1, 0.15) is 69.7 Å². The van der Waals surface area contributed by atoms with Crippen LogP contribution in [0.25, 0.3) is 0 Å². The molecule has 178 valence electrons. The van der Waals surface area contributed by atoms with Crippen molar-refractivity contribution in [3.8, 4) is 0 Å². The number of nitrogens with zero attached hydrogens (tertiary/aromatic N) is 1. The fourth-order valence-electron chi connectivity index (χ4n) is 4.60. The first-order valence-corrected chi connectivity index (χ1v) is 11.6. The van der Waals surface area contributed by atoms with E-state index in [1.54, 1.807) is 12.1 Å². The minimum atomic E-state index is -0.952. The third-order valence-electron chi connectivity index (χ3n) is 6.52. The van der Waals surface area contributed by atoms with Crippen LogP contribution in [0.15, 0.2) is 47.6 Å². The van der Waals surface area contributed by atoms with Gasteiger partial charge in [-0.1, -0.05) is 17.2 Å². The number of Topliss-reactive ketones (excluding diaryl/α,β-unsaturated/α-hetero) is 1. The first kappa shape index (κ1) is 24.7. The summed E-state index contributed by atoms with van der Waals surface area (Å²) in [5, 5.41) is 0. The molecule has 1 aliphatic carbocycles. The highest BCUT2D eigenvalue weighted by Crippen LogP contribution is 2.47. The van der Waals surface area contributed by atoms with E-state index in [2.05, 4.69) is 19.9 Å². The lowest BCUT2D eigenvalue weighted by Crippen LogP contribution is -2.46. The van der Waals surface area contributed by atoms with Crippen molar-refractivity contribution in [2.24, 2.45) is 5.41 Å². The molecule has 1 aromatic rings. The van der Waals surface area contributed by atoms with Gasteiger partial charge in [0.25, 0.3) is 0 Å². The van der Waals surface area contributed by atoms with Gasteiger partial charge in [0.15, 0.2) is 0 Å². The summed E-state index contributed by atoms with van der Waals surface area (Å²) in [6.07, 6.45) is 5.88. The molecule has 0 amide bonds. The largest absolute Gasteiger partial charge is 0.459 e. The molecule has 0 radical (unpaired) electrons. The van der Waals surface area contributed by atoms with Gasteiger partial charge in [-0.2, -0.15) is 0 Å². The third-order valence-corrected chi connectivity index (χ3v) is 6.52. The van der Waals surface area contributed by atoms with Crippen LogP contribution < -0.4 is 4.90 Å². The maximum absolute atomic E-state index is 13.0. The van der Waals surface area contributed by atoms with Crippen molar-refractivity contribution in [1.29, 1.82) is 0 Å². The van der Waals surface area contributed by atoms with E-state index in [0.29, 0.717) is 18.4 Å². The fraction of sp³-hybridized carbons (Fsp3) is 0.519. The number of anilines is 1. The van der Waals surface area contributed by atoms with E-state index in [1.807, 2.05) is 44.1 Å². The SMILES string of the molecule is CC(C)=CCC/C(C)=C/[C@H]1OC(=O)CC12C[C@H](OC(=O)c1ccc(N(C)C)cc1)CCC2=O. The lowest BCUT2D eigenvalue weighted by atomic mass is 9.67. The average Bonchev–Trinajstić information content (AvgIpc) is 3.05. The number of hydrogen-bond acceptors (Lipinski definition) is 6. The summed E-state index contributed by atoms with van der Waals surface area (Å²) >= 11 is 0. The van der Waals surface area contributed by atoms with Gasteiger partial charge in [-0.05, 0) is 70.4 Å². The summed E-state index contributed by atoms with van der Waals surface area (Å²) in [6, 6.07) is 7.21. The van der Waals surface area contributed by atoms with Gasteiger partial charge in [-0.25, -0.2) is 4.79 Å². The number of carbonyl (C=O) groups excluding carboxylic acids is 3. The van der Waals surface area contributed by atoms with Crippen molar-refractivity contribution < 1.29 is 23.9 Å². The Morgan fingerprint density at radius 1 is 1.18 bits per heavy atom. The number of hydrogen-bond donors (Lipinski definition) is 0. The zero-order valence-corrected chi connectivity index (χ0v) is 20.3. The zero-order chi connectivity index (χ0) is 24.2. The van der Waals surface area contributed by atoms with Gasteiger partial charge in [-0.3, -0.25) is 9.59 Å². The van der Waals surface area contributed by atoms with Gasteiger partial charge in [0.05, 0.1) is 17.4 Å². The standard InChI is InChI=1S/C27H35NO5/c1-18(2)7-6-8-19(3)15-24-27(17-25(30)33-24)16-22(13-14-23(27)29)32-26(31)20-9-11-21(12-10-20)28(4)5/h7,9-12,15,22,24H,6,8,13-14,16-17H2,1-5H3/b19-15+/t22-,24-,27?/m1/s1. The van der Waals surface area contributed by atoms with Gasteiger partial charge < -0.3 is 14.4 Å². The number of cyclic esters (lactones) is 1. The molecule has 1 spiro atoms. The van der Waals surface area contributed by atoms with Gasteiger partial charge in [0.2, 0.25) is 0 Å². The van der Waals surface area contributed by atoms with E-state index in [0.717, 1.165) is 24.1 Å². The smallest absolute Gasteiger partial charge is 0.338 e. The molecule has 6 heteroatoms. The molecule has 2 fully saturated rings. The Hall–Kier alpha value is -2.89. The van der Waals surface area contributed by atoms with Crippen molar-refractivity contribution in [3.05, 3.63) is 53.1 Å². The maximum atomic E-state index is 13.0. The monoisotopic (exact) mass is 453 g/mol. The first-order valence-electron chi connectivity index (χ1n) is 11.6. The lowest BCUT2D eigenvalue weighted by Gasteiger charge is -2.37. The van der Waals surface area contributed by atoms with Gasteiger partial charge >= 0.3 is 11.9 Å². The van der Waals surface area contributed by atoms with Crippen LogP contribution in [0.3, 0.4) is 0 Å². The van der Waals surface area contributed by atoms with Crippen LogP contribution in [0.2, 0.25) is 0 Å². The van der Waals surface area contributed by atoms with Crippen LogP contribution in [-0.2, 0) is 19.1 Å². The quantitative estimate of drug-likeness (QED) is 0.426. The minimum Gasteiger partial charge on any atom is -0.459 e. The highest BCUT2D eigenvalue weighted by molar-refractivity contribution is 5.93. The molecule has 0 N–H and O–H groups in total. The topological polar surface area (TPSA) is 72.9 Å². The number of esters is 2. The number of benzene rings is 1. The molecular formula is C27H35NO5. The van der Waals surface area contributed by atoms with Gasteiger partial charge in [0.1, 0.15) is 18.0 Å². The van der Waals surface area contributed by atoms with E-state index in [-0.39, 0.29) is 24.6 Å². The highest BCUT2D eigenvalue weighted by atomic mass is 16.6. The van der Waals surface area contributed by atoms with Gasteiger partial charge in [0, 0.05) is 32.6 Å². The number of allylic oxidation sites excluding steroid dienone is 3. The molecule has 1 saturated heterocycles. The number of carbonyl (C=O) groups is 3. The van der Waals surface area contributed by atoms with E-state index in [4.69, 9.17) is 9.47 Å². The second-order valence-corrected chi connectivity index (χ2v) is 9.71. The molecule has 2 aliphatic rings. The summed E-state index contributed by atoms with van der Waals surface area (Å²) in [6.45, 7) is 6.12. The summed E-state index contributed by atoms with van der Waals surface area (Å²) in [5.74, 6) is -0.757. The van der Waals surface area contributed by atoms with Crippen LogP contribution >= 0.6 is 0 Å². The van der Waals surface area contributed by atoms with Crippen LogP contribution in [0.4, 0.5) is 5.69 Å². The molecule has 6 nitrogen and oxygen atoms in total. The molecule has 3 rings (SSSR count). The number of rotatable bonds is 7. The van der Waals surface area contributed by atoms with Crippen molar-refractivity contribution in [3.63, 3.8) is 0 Å². The van der Waals surface area contributed by atoms with Crippen molar-refractivity contribution in [2.45, 2.75) is 71.5 Å². The Labute approximate surface area is 196 Å². The Morgan fingerprint density at radius 2 is 1.88 bits per heavy atom. The second-order valence-electron chi connectivity index (χ2n) is 9.71. The summed E-state index contributed by atoms with van der Waals surface area (Å²) in [7, 11) is 3.87. The molecule has 0 aromatic heterocycles. The molecule has 1 aliphatic heterocycles. The van der Waals surface area contributed by atoms with Crippen molar-refractivity contribution in [1.82, 2.24) is 0 Å². The van der Waals surface area contributed by atoms with Crippen LogP contribution in [0, 0.1) is 5.41 Å². The maximum Gasteiger partial charge on any atom is 0.338 e. The van der Waals surface area contributed by atoms with Crippen LogP contribution in [-0.4, -0.2) is 44.0 Å². The summed E-state index contributed by atoms with van der Waals surface area (Å²) in [4.78, 5) is 40.0. The van der Waals surface area contributed by atoms with Gasteiger partial charge in [-0.15, -0.1) is 0 Å². The molecule has 1 heterocycles. The number of ketones is 1. The van der Waals surface area contributed by atoms with E-state index < -0.39 is 23.6 Å². The molecule has 1 unspecified atom stereocenters. The average molecular weight is 454 g/mol. The molecule has 0 bridgehead atoms. The fourth-order valence-corrected chi connectivity index (χ4v) is 4.60. The molecular weight excluding hydrogens is 418 g/mol. The summed E-state index contributed by atoms with van der Waals surface area (Å²) < 4.78 is 11.4. The highest BCUT2D eigenvalue weighted by Gasteiger charge is 2.56. The predicted octanol–water partition coefficient (Wildman–Crippen LogP) is 5.03. The van der Waals surface area contributed by atoms with E-state index >= 15 is 0 Å². The molecule has 1 aromatic carbocycles. The Kier molecular flexibility index (Phi) is 7.77. The number of ether oxygens (including phenoxy) is 2. The molecule has 33 heavy (non-hydrogen) atoms. The Morgan fingerprint density at radius 3 is 2.52 bits per heavy atom. The summed E-state index contributed by atoms with van der Waals surface area (Å²) in [5.41, 5.74) is 2.85. The Balaban J connectivity index is 1.73. The second kappa shape index (κ2) is 10.4.